The molecule has 1 aromatic rings. The summed E-state index contributed by atoms with van der Waals surface area (Å²) in [6.07, 6.45) is 10.1. The topological polar surface area (TPSA) is 12.0 Å². The summed E-state index contributed by atoms with van der Waals surface area (Å²) >= 11 is 3.66. The Balaban J connectivity index is 1.58. The van der Waals surface area contributed by atoms with Gasteiger partial charge in [0.15, 0.2) is 0 Å². The number of hydrogen-bond acceptors (Lipinski definition) is 1. The van der Waals surface area contributed by atoms with Crippen LogP contribution in [-0.4, -0.2) is 6.54 Å². The Morgan fingerprint density at radius 3 is 3.06 bits per heavy atom. The van der Waals surface area contributed by atoms with Gasteiger partial charge in [0.25, 0.3) is 0 Å². The van der Waals surface area contributed by atoms with E-state index < -0.39 is 0 Å². The summed E-state index contributed by atoms with van der Waals surface area (Å²) in [6, 6.07) is 7.16. The van der Waals surface area contributed by atoms with Gasteiger partial charge in [-0.2, -0.15) is 0 Å². The quantitative estimate of drug-likeness (QED) is 0.806. The van der Waals surface area contributed by atoms with Gasteiger partial charge in [0.1, 0.15) is 0 Å². The normalized spacial score (nSPS) is 22.1. The first-order valence-corrected chi connectivity index (χ1v) is 7.82. The summed E-state index contributed by atoms with van der Waals surface area (Å²) < 4.78 is 1.28. The van der Waals surface area contributed by atoms with Gasteiger partial charge in [-0.3, -0.25) is 0 Å². The van der Waals surface area contributed by atoms with Gasteiger partial charge < -0.3 is 5.32 Å². The molecular weight excluding hydrogens is 286 g/mol. The minimum absolute atomic E-state index is 0.569. The molecule has 0 amide bonds. The first-order valence-electron chi connectivity index (χ1n) is 7.03. The summed E-state index contributed by atoms with van der Waals surface area (Å²) in [5.41, 5.74) is 4.68. The van der Waals surface area contributed by atoms with Crippen molar-refractivity contribution >= 4 is 15.9 Å². The summed E-state index contributed by atoms with van der Waals surface area (Å²) in [4.78, 5) is 0. The molecule has 0 spiro atoms. The highest BCUT2D eigenvalue weighted by atomic mass is 79.9. The molecule has 1 nitrogen and oxygen atoms in total. The zero-order valence-corrected chi connectivity index (χ0v) is 12.3. The van der Waals surface area contributed by atoms with Crippen LogP contribution in [0.4, 0.5) is 0 Å². The van der Waals surface area contributed by atoms with Crippen LogP contribution >= 0.6 is 15.9 Å². The summed E-state index contributed by atoms with van der Waals surface area (Å²) in [5, 5.41) is 3.73. The fourth-order valence-corrected chi connectivity index (χ4v) is 3.77. The van der Waals surface area contributed by atoms with Crippen LogP contribution in [0.3, 0.4) is 0 Å². The fraction of sp³-hybridized carbons (Fsp3) is 0.500. The molecule has 1 N–H and O–H groups in total. The first kappa shape index (κ1) is 12.4. The maximum absolute atomic E-state index is 3.73. The van der Waals surface area contributed by atoms with Gasteiger partial charge in [0.2, 0.25) is 0 Å². The highest BCUT2D eigenvalue weighted by Crippen LogP contribution is 2.35. The van der Waals surface area contributed by atoms with Gasteiger partial charge >= 0.3 is 0 Å². The molecule has 0 fully saturated rings. The Morgan fingerprint density at radius 1 is 1.28 bits per heavy atom. The average Bonchev–Trinajstić information content (AvgIpc) is 3.00. The fourth-order valence-electron chi connectivity index (χ4n) is 3.19. The van der Waals surface area contributed by atoms with Gasteiger partial charge in [-0.1, -0.05) is 39.7 Å². The van der Waals surface area contributed by atoms with Crippen molar-refractivity contribution in [1.82, 2.24) is 5.32 Å². The zero-order valence-electron chi connectivity index (χ0n) is 10.7. The second kappa shape index (κ2) is 5.58. The Bertz CT molecular complexity index is 464. The smallest absolute Gasteiger partial charge is 0.0326 e. The van der Waals surface area contributed by atoms with E-state index in [0.717, 1.165) is 6.54 Å². The molecule has 0 saturated heterocycles. The molecule has 1 aromatic carbocycles. The van der Waals surface area contributed by atoms with Gasteiger partial charge in [-0.15, -0.1) is 0 Å². The zero-order chi connectivity index (χ0) is 12.4. The van der Waals surface area contributed by atoms with E-state index in [0.29, 0.717) is 6.04 Å². The number of hydrogen-bond donors (Lipinski definition) is 1. The predicted octanol–water partition coefficient (Wildman–Crippen LogP) is 4.53. The van der Waals surface area contributed by atoms with Crippen molar-refractivity contribution in [1.29, 1.82) is 0 Å². The molecule has 1 atom stereocenters. The van der Waals surface area contributed by atoms with Crippen molar-refractivity contribution in [2.75, 3.05) is 6.54 Å². The van der Waals surface area contributed by atoms with Crippen LogP contribution in [0.1, 0.15) is 49.3 Å². The van der Waals surface area contributed by atoms with E-state index in [2.05, 4.69) is 45.5 Å². The molecule has 2 heteroatoms. The third-order valence-electron chi connectivity index (χ3n) is 4.19. The van der Waals surface area contributed by atoms with Crippen molar-refractivity contribution in [3.8, 4) is 0 Å². The Labute approximate surface area is 118 Å². The number of benzene rings is 1. The minimum Gasteiger partial charge on any atom is -0.310 e. The van der Waals surface area contributed by atoms with Crippen molar-refractivity contribution in [3.05, 3.63) is 45.4 Å². The SMILES string of the molecule is Brc1cccc2c1CCC2NCCC1=CCCC1. The van der Waals surface area contributed by atoms with E-state index in [-0.39, 0.29) is 0 Å². The molecule has 0 bridgehead atoms. The highest BCUT2D eigenvalue weighted by Gasteiger charge is 2.23. The maximum atomic E-state index is 3.73. The first-order chi connectivity index (χ1) is 8.84. The molecule has 0 aliphatic heterocycles. The van der Waals surface area contributed by atoms with E-state index in [9.17, 15) is 0 Å². The monoisotopic (exact) mass is 305 g/mol. The Kier molecular flexibility index (Phi) is 3.86. The van der Waals surface area contributed by atoms with E-state index in [4.69, 9.17) is 0 Å². The number of rotatable bonds is 4. The van der Waals surface area contributed by atoms with Crippen molar-refractivity contribution in [2.24, 2.45) is 0 Å². The van der Waals surface area contributed by atoms with Gasteiger partial charge in [0.05, 0.1) is 0 Å². The molecule has 2 aliphatic carbocycles. The van der Waals surface area contributed by atoms with Crippen molar-refractivity contribution < 1.29 is 0 Å². The summed E-state index contributed by atoms with van der Waals surface area (Å²) in [6.45, 7) is 1.13. The van der Waals surface area contributed by atoms with Crippen LogP contribution in [0.15, 0.2) is 34.3 Å². The predicted molar refractivity (Wildman–Crippen MR) is 79.8 cm³/mol. The lowest BCUT2D eigenvalue weighted by atomic mass is 10.1. The van der Waals surface area contributed by atoms with Crippen LogP contribution < -0.4 is 5.32 Å². The Hall–Kier alpha value is -0.600. The molecule has 0 aromatic heterocycles. The lowest BCUT2D eigenvalue weighted by Gasteiger charge is -2.14. The molecule has 2 aliphatic rings. The number of nitrogens with one attached hydrogen (secondary N) is 1. The molecular formula is C16H20BrN. The van der Waals surface area contributed by atoms with E-state index >= 15 is 0 Å². The van der Waals surface area contributed by atoms with E-state index in [1.165, 1.54) is 54.1 Å². The van der Waals surface area contributed by atoms with Crippen molar-refractivity contribution in [2.45, 2.75) is 44.6 Å². The lowest BCUT2D eigenvalue weighted by molar-refractivity contribution is 0.531. The molecule has 1 unspecified atom stereocenters. The third kappa shape index (κ3) is 2.55. The van der Waals surface area contributed by atoms with E-state index in [1.54, 1.807) is 5.57 Å². The van der Waals surface area contributed by atoms with Crippen LogP contribution in [0.5, 0.6) is 0 Å². The highest BCUT2D eigenvalue weighted by molar-refractivity contribution is 9.10. The third-order valence-corrected chi connectivity index (χ3v) is 4.93. The van der Waals surface area contributed by atoms with Gasteiger partial charge in [-0.05, 0) is 62.3 Å². The molecule has 0 heterocycles. The van der Waals surface area contributed by atoms with Gasteiger partial charge in [-0.25, -0.2) is 0 Å². The number of halogens is 1. The van der Waals surface area contributed by atoms with E-state index in [1.807, 2.05) is 0 Å². The summed E-state index contributed by atoms with van der Waals surface area (Å²) in [5.74, 6) is 0. The minimum atomic E-state index is 0.569. The second-order valence-electron chi connectivity index (χ2n) is 5.36. The molecule has 18 heavy (non-hydrogen) atoms. The lowest BCUT2D eigenvalue weighted by Crippen LogP contribution is -2.20. The second-order valence-corrected chi connectivity index (χ2v) is 6.21. The summed E-state index contributed by atoms with van der Waals surface area (Å²) in [7, 11) is 0. The van der Waals surface area contributed by atoms with Crippen molar-refractivity contribution in [3.63, 3.8) is 0 Å². The average molecular weight is 306 g/mol. The Morgan fingerprint density at radius 2 is 2.22 bits per heavy atom. The maximum Gasteiger partial charge on any atom is 0.0326 e. The van der Waals surface area contributed by atoms with Crippen LogP contribution in [0, 0.1) is 0 Å². The molecule has 96 valence electrons. The molecule has 0 saturated carbocycles. The van der Waals surface area contributed by atoms with Crippen LogP contribution in [-0.2, 0) is 6.42 Å². The molecule has 3 rings (SSSR count). The van der Waals surface area contributed by atoms with Crippen LogP contribution in [0.2, 0.25) is 0 Å². The number of fused-ring (bicyclic) bond motifs is 1. The van der Waals surface area contributed by atoms with Gasteiger partial charge in [0, 0.05) is 10.5 Å². The largest absolute Gasteiger partial charge is 0.310 e. The molecule has 0 radical (unpaired) electrons. The number of allylic oxidation sites excluding steroid dienone is 1. The standard InChI is InChI=1S/C16H20BrN/c17-15-7-3-6-14-13(15)8-9-16(14)18-11-10-12-4-1-2-5-12/h3-4,6-7,16,18H,1-2,5,8-11H2. The van der Waals surface area contributed by atoms with Crippen LogP contribution in [0.25, 0.3) is 0 Å².